The minimum absolute atomic E-state index is 0.00718. The van der Waals surface area contributed by atoms with Crippen molar-refractivity contribution >= 4 is 63.3 Å². The molecule has 1 atom stereocenters. The SMILES string of the molecule is C[C@@H](C(=O)[O-])N1C(=O)/C(=C2/C(=O)N(CC(=O)[O-])c3ccccc32)SC1=S. The van der Waals surface area contributed by atoms with Crippen LogP contribution in [0.4, 0.5) is 5.69 Å². The van der Waals surface area contributed by atoms with E-state index in [1.54, 1.807) is 24.3 Å². The maximum absolute atomic E-state index is 12.8. The fourth-order valence-corrected chi connectivity index (χ4v) is 4.25. The molecule has 3 rings (SSSR count). The highest BCUT2D eigenvalue weighted by Crippen LogP contribution is 2.44. The number of anilines is 1. The molecular weight excluding hydrogens is 380 g/mol. The minimum Gasteiger partial charge on any atom is -0.548 e. The fraction of sp³-hybridized carbons (Fsp3) is 0.188. The van der Waals surface area contributed by atoms with E-state index in [0.29, 0.717) is 11.3 Å². The van der Waals surface area contributed by atoms with Crippen LogP contribution in [0.3, 0.4) is 0 Å². The summed E-state index contributed by atoms with van der Waals surface area (Å²) in [7, 11) is 0. The molecule has 0 unspecified atom stereocenters. The van der Waals surface area contributed by atoms with Crippen LogP contribution < -0.4 is 15.1 Å². The Bertz CT molecular complexity index is 910. The average molecular weight is 390 g/mol. The van der Waals surface area contributed by atoms with Crippen molar-refractivity contribution in [3.8, 4) is 0 Å². The number of carbonyl (C=O) groups is 4. The number of carbonyl (C=O) groups excluding carboxylic acids is 4. The van der Waals surface area contributed by atoms with E-state index < -0.39 is 36.3 Å². The second-order valence-electron chi connectivity index (χ2n) is 5.52. The van der Waals surface area contributed by atoms with Crippen molar-refractivity contribution in [1.82, 2.24) is 4.90 Å². The summed E-state index contributed by atoms with van der Waals surface area (Å²) < 4.78 is -0.0159. The van der Waals surface area contributed by atoms with Crippen LogP contribution in [0.2, 0.25) is 0 Å². The summed E-state index contributed by atoms with van der Waals surface area (Å²) in [6, 6.07) is 5.09. The van der Waals surface area contributed by atoms with E-state index >= 15 is 0 Å². The standard InChI is InChI=1S/C16H12N2O6S2/c1-7(15(23)24)18-14(22)12(26-16(18)25)11-8-4-2-3-5-9(8)17(13(11)21)6-10(19)20/h2-5,7H,6H2,1H3,(H,19,20)(H,23,24)/p-2/b12-11-/t7-/m0/s1. The van der Waals surface area contributed by atoms with Gasteiger partial charge in [0.15, 0.2) is 0 Å². The molecule has 1 aromatic rings. The lowest BCUT2D eigenvalue weighted by atomic mass is 10.1. The van der Waals surface area contributed by atoms with Gasteiger partial charge in [-0.25, -0.2) is 0 Å². The number of rotatable bonds is 4. The molecular formula is C16H10N2O6S2-2. The van der Waals surface area contributed by atoms with Crippen molar-refractivity contribution in [1.29, 1.82) is 0 Å². The number of amides is 2. The largest absolute Gasteiger partial charge is 0.548 e. The number of fused-ring (bicyclic) bond motifs is 1. The molecule has 2 amide bonds. The topological polar surface area (TPSA) is 121 Å². The molecule has 0 saturated carbocycles. The molecule has 0 bridgehead atoms. The van der Waals surface area contributed by atoms with E-state index in [2.05, 4.69) is 0 Å². The number of para-hydroxylation sites is 1. The maximum Gasteiger partial charge on any atom is 0.267 e. The van der Waals surface area contributed by atoms with Gasteiger partial charge in [-0.05, 0) is 13.0 Å². The van der Waals surface area contributed by atoms with Gasteiger partial charge in [0.25, 0.3) is 11.8 Å². The number of carboxylic acid groups (broad SMARTS) is 2. The lowest BCUT2D eigenvalue weighted by Gasteiger charge is -2.23. The molecule has 134 valence electrons. The van der Waals surface area contributed by atoms with Crippen LogP contribution >= 0.6 is 24.0 Å². The van der Waals surface area contributed by atoms with Gasteiger partial charge >= 0.3 is 0 Å². The molecule has 0 radical (unpaired) electrons. The molecule has 1 saturated heterocycles. The molecule has 2 heterocycles. The zero-order valence-corrected chi connectivity index (χ0v) is 14.9. The Kier molecular flexibility index (Phi) is 4.55. The molecule has 0 aliphatic carbocycles. The first kappa shape index (κ1) is 18.1. The molecule has 8 nitrogen and oxygen atoms in total. The molecule has 1 aromatic carbocycles. The van der Waals surface area contributed by atoms with E-state index in [4.69, 9.17) is 12.2 Å². The highest BCUT2D eigenvalue weighted by Gasteiger charge is 2.43. The van der Waals surface area contributed by atoms with E-state index in [0.717, 1.165) is 21.6 Å². The van der Waals surface area contributed by atoms with Gasteiger partial charge in [0.1, 0.15) is 4.32 Å². The quantitative estimate of drug-likeness (QED) is 0.450. The normalized spacial score (nSPS) is 20.6. The first-order valence-electron chi connectivity index (χ1n) is 7.35. The third kappa shape index (κ3) is 2.76. The van der Waals surface area contributed by atoms with Crippen LogP contribution in [0.15, 0.2) is 29.2 Å². The Morgan fingerprint density at radius 2 is 1.85 bits per heavy atom. The summed E-state index contributed by atoms with van der Waals surface area (Å²) in [5, 5.41) is 22.1. The minimum atomic E-state index is -1.48. The van der Waals surface area contributed by atoms with Crippen molar-refractivity contribution < 1.29 is 29.4 Å². The predicted molar refractivity (Wildman–Crippen MR) is 92.2 cm³/mol. The Balaban J connectivity index is 2.12. The smallest absolute Gasteiger partial charge is 0.267 e. The lowest BCUT2D eigenvalue weighted by Crippen LogP contribution is -2.48. The van der Waals surface area contributed by atoms with Crippen LogP contribution in [0.1, 0.15) is 12.5 Å². The van der Waals surface area contributed by atoms with Gasteiger partial charge in [0.2, 0.25) is 0 Å². The van der Waals surface area contributed by atoms with Crippen LogP contribution in [0, 0.1) is 0 Å². The van der Waals surface area contributed by atoms with Crippen molar-refractivity contribution in [3.63, 3.8) is 0 Å². The zero-order chi connectivity index (χ0) is 19.2. The van der Waals surface area contributed by atoms with Gasteiger partial charge in [0.05, 0.1) is 40.7 Å². The van der Waals surface area contributed by atoms with Gasteiger partial charge in [0, 0.05) is 5.56 Å². The zero-order valence-electron chi connectivity index (χ0n) is 13.3. The van der Waals surface area contributed by atoms with Gasteiger partial charge in [-0.1, -0.05) is 42.2 Å². The summed E-state index contributed by atoms with van der Waals surface area (Å²) in [5.74, 6) is -4.35. The van der Waals surface area contributed by atoms with Gasteiger partial charge in [-0.15, -0.1) is 0 Å². The number of carboxylic acids is 2. The molecule has 0 N–H and O–H groups in total. The molecule has 2 aliphatic heterocycles. The third-order valence-electron chi connectivity index (χ3n) is 3.96. The van der Waals surface area contributed by atoms with Crippen molar-refractivity contribution in [3.05, 3.63) is 34.7 Å². The predicted octanol–water partition coefficient (Wildman–Crippen LogP) is -1.51. The number of thiocarbonyl (C=S) groups is 1. The summed E-state index contributed by atoms with van der Waals surface area (Å²) in [6.45, 7) is 0.579. The van der Waals surface area contributed by atoms with Crippen molar-refractivity contribution in [2.24, 2.45) is 0 Å². The second-order valence-corrected chi connectivity index (χ2v) is 7.17. The highest BCUT2D eigenvalue weighted by molar-refractivity contribution is 8.26. The molecule has 1 fully saturated rings. The molecule has 0 aromatic heterocycles. The Hall–Kier alpha value is -2.72. The van der Waals surface area contributed by atoms with E-state index in [9.17, 15) is 29.4 Å². The van der Waals surface area contributed by atoms with Gasteiger partial charge in [-0.3, -0.25) is 14.5 Å². The summed E-state index contributed by atoms with van der Waals surface area (Å²) in [4.78, 5) is 49.4. The molecule has 0 spiro atoms. The van der Waals surface area contributed by atoms with Gasteiger partial charge < -0.3 is 24.7 Å². The average Bonchev–Trinajstić information content (AvgIpc) is 3.01. The van der Waals surface area contributed by atoms with E-state index in [1.165, 1.54) is 6.92 Å². The highest BCUT2D eigenvalue weighted by atomic mass is 32.2. The number of thioether (sulfide) groups is 1. The number of benzene rings is 1. The van der Waals surface area contributed by atoms with Crippen LogP contribution in [-0.4, -0.2) is 45.6 Å². The summed E-state index contributed by atoms with van der Waals surface area (Å²) in [6.07, 6.45) is 0. The Morgan fingerprint density at radius 1 is 1.19 bits per heavy atom. The molecule has 10 heteroatoms. The second kappa shape index (κ2) is 6.54. The van der Waals surface area contributed by atoms with E-state index in [1.807, 2.05) is 0 Å². The Labute approximate surface area is 157 Å². The number of nitrogens with zero attached hydrogens (tertiary/aromatic N) is 2. The summed E-state index contributed by atoms with van der Waals surface area (Å²) in [5.41, 5.74) is 0.697. The molecule has 2 aliphatic rings. The summed E-state index contributed by atoms with van der Waals surface area (Å²) >= 11 is 5.87. The number of hydrogen-bond acceptors (Lipinski definition) is 8. The van der Waals surface area contributed by atoms with E-state index in [-0.39, 0.29) is 14.8 Å². The maximum atomic E-state index is 12.8. The Morgan fingerprint density at radius 3 is 2.46 bits per heavy atom. The monoisotopic (exact) mass is 390 g/mol. The first-order chi connectivity index (χ1) is 12.2. The van der Waals surface area contributed by atoms with Crippen LogP contribution in [0.5, 0.6) is 0 Å². The van der Waals surface area contributed by atoms with Crippen molar-refractivity contribution in [2.45, 2.75) is 13.0 Å². The fourth-order valence-electron chi connectivity index (χ4n) is 2.76. The van der Waals surface area contributed by atoms with Crippen molar-refractivity contribution in [2.75, 3.05) is 11.4 Å². The number of aliphatic carboxylic acids is 2. The molecule has 26 heavy (non-hydrogen) atoms. The van der Waals surface area contributed by atoms with Gasteiger partial charge in [-0.2, -0.15) is 0 Å². The van der Waals surface area contributed by atoms with Crippen LogP contribution in [-0.2, 0) is 19.2 Å². The lowest BCUT2D eigenvalue weighted by molar-refractivity contribution is -0.309. The number of hydrogen-bond donors (Lipinski definition) is 0. The third-order valence-corrected chi connectivity index (χ3v) is 5.37. The first-order valence-corrected chi connectivity index (χ1v) is 8.58. The van der Waals surface area contributed by atoms with Crippen LogP contribution in [0.25, 0.3) is 5.57 Å².